The summed E-state index contributed by atoms with van der Waals surface area (Å²) < 4.78 is 5.26. The molecular weight excluding hydrogens is 368 g/mol. The highest BCUT2D eigenvalue weighted by atomic mass is 16.5. The molecule has 3 amide bonds. The first-order chi connectivity index (χ1) is 14.0. The van der Waals surface area contributed by atoms with Crippen LogP contribution in [0.2, 0.25) is 0 Å². The standard InChI is InChI=1S/C23H22N2O4/c1-14-7-5-10-17-20(14)23(28)25(22(17)27)16-9-6-8-15(13-16)21(26)24-18-11-3-4-12-19(18)29-2/h3-9,11-14,17,20H,10H2,1-2H3,(H,24,26)/t14-,17-,20-/m1/s1. The van der Waals surface area contributed by atoms with Gasteiger partial charge in [-0.1, -0.05) is 37.3 Å². The van der Waals surface area contributed by atoms with Gasteiger partial charge in [0.2, 0.25) is 11.8 Å². The maximum Gasteiger partial charge on any atom is 0.255 e. The average molecular weight is 390 g/mol. The van der Waals surface area contributed by atoms with E-state index in [0.717, 1.165) is 0 Å². The lowest BCUT2D eigenvalue weighted by Crippen LogP contribution is -2.31. The number of rotatable bonds is 4. The van der Waals surface area contributed by atoms with E-state index in [9.17, 15) is 14.4 Å². The molecule has 1 fully saturated rings. The predicted molar refractivity (Wildman–Crippen MR) is 110 cm³/mol. The Hall–Kier alpha value is -3.41. The third-order valence-corrected chi connectivity index (χ3v) is 5.59. The summed E-state index contributed by atoms with van der Waals surface area (Å²) in [5.41, 5.74) is 1.33. The van der Waals surface area contributed by atoms with Gasteiger partial charge in [-0.05, 0) is 42.7 Å². The number of fused-ring (bicyclic) bond motifs is 1. The molecule has 0 unspecified atom stereocenters. The number of carbonyl (C=O) groups excluding carboxylic acids is 3. The van der Waals surface area contributed by atoms with Gasteiger partial charge in [0.05, 0.1) is 30.3 Å². The number of nitrogens with zero attached hydrogens (tertiary/aromatic N) is 1. The van der Waals surface area contributed by atoms with Crippen molar-refractivity contribution in [1.29, 1.82) is 0 Å². The van der Waals surface area contributed by atoms with Crippen LogP contribution in [-0.4, -0.2) is 24.8 Å². The van der Waals surface area contributed by atoms with Gasteiger partial charge in [-0.2, -0.15) is 0 Å². The van der Waals surface area contributed by atoms with Crippen molar-refractivity contribution < 1.29 is 19.1 Å². The predicted octanol–water partition coefficient (Wildman–Crippen LogP) is 3.65. The van der Waals surface area contributed by atoms with Crippen molar-refractivity contribution in [3.63, 3.8) is 0 Å². The summed E-state index contributed by atoms with van der Waals surface area (Å²) in [7, 11) is 1.53. The fraction of sp³-hybridized carbons (Fsp3) is 0.261. The highest BCUT2D eigenvalue weighted by Crippen LogP contribution is 2.40. The van der Waals surface area contributed by atoms with Gasteiger partial charge in [-0.3, -0.25) is 19.3 Å². The topological polar surface area (TPSA) is 75.7 Å². The number of carbonyl (C=O) groups is 3. The summed E-state index contributed by atoms with van der Waals surface area (Å²) >= 11 is 0. The first-order valence-electron chi connectivity index (χ1n) is 9.60. The van der Waals surface area contributed by atoms with E-state index >= 15 is 0 Å². The molecule has 4 rings (SSSR count). The summed E-state index contributed by atoms with van der Waals surface area (Å²) in [5.74, 6) is -0.827. The molecule has 6 nitrogen and oxygen atoms in total. The number of imide groups is 1. The normalized spacial score (nSPS) is 23.1. The van der Waals surface area contributed by atoms with Crippen LogP contribution in [0.15, 0.2) is 60.7 Å². The molecule has 1 N–H and O–H groups in total. The van der Waals surface area contributed by atoms with Crippen LogP contribution >= 0.6 is 0 Å². The lowest BCUT2D eigenvalue weighted by molar-refractivity contribution is -0.122. The molecule has 3 atom stereocenters. The first-order valence-corrected chi connectivity index (χ1v) is 9.60. The van der Waals surface area contributed by atoms with Crippen molar-refractivity contribution in [2.24, 2.45) is 17.8 Å². The Morgan fingerprint density at radius 3 is 2.66 bits per heavy atom. The molecule has 1 aliphatic heterocycles. The van der Waals surface area contributed by atoms with Gasteiger partial charge in [-0.15, -0.1) is 0 Å². The number of hydrogen-bond donors (Lipinski definition) is 1. The van der Waals surface area contributed by atoms with Crippen LogP contribution in [0, 0.1) is 17.8 Å². The summed E-state index contributed by atoms with van der Waals surface area (Å²) in [5, 5.41) is 2.81. The molecule has 0 bridgehead atoms. The number of allylic oxidation sites excluding steroid dienone is 2. The Labute approximate surface area is 169 Å². The van der Waals surface area contributed by atoms with Gasteiger partial charge in [0.25, 0.3) is 5.91 Å². The zero-order chi connectivity index (χ0) is 20.5. The van der Waals surface area contributed by atoms with E-state index in [1.165, 1.54) is 12.0 Å². The number of amides is 3. The molecule has 1 saturated heterocycles. The van der Waals surface area contributed by atoms with E-state index in [1.54, 1.807) is 42.5 Å². The van der Waals surface area contributed by atoms with Gasteiger partial charge in [0.15, 0.2) is 0 Å². The SMILES string of the molecule is COc1ccccc1NC(=O)c1cccc(N2C(=O)[C@@H]3[C@H](C)C=CC[C@H]3C2=O)c1. The largest absolute Gasteiger partial charge is 0.495 e. The Kier molecular flexibility index (Phi) is 4.92. The zero-order valence-corrected chi connectivity index (χ0v) is 16.3. The maximum atomic E-state index is 13.0. The van der Waals surface area contributed by atoms with Crippen LogP contribution in [-0.2, 0) is 9.59 Å². The van der Waals surface area contributed by atoms with Gasteiger partial charge < -0.3 is 10.1 Å². The third kappa shape index (κ3) is 3.31. The fourth-order valence-electron chi connectivity index (χ4n) is 4.13. The summed E-state index contributed by atoms with van der Waals surface area (Å²) in [4.78, 5) is 39.9. The minimum Gasteiger partial charge on any atom is -0.495 e. The summed E-state index contributed by atoms with van der Waals surface area (Å²) in [6.07, 6.45) is 4.54. The van der Waals surface area contributed by atoms with Crippen LogP contribution in [0.1, 0.15) is 23.7 Å². The summed E-state index contributed by atoms with van der Waals surface area (Å²) in [6, 6.07) is 13.7. The molecule has 29 heavy (non-hydrogen) atoms. The van der Waals surface area contributed by atoms with E-state index in [0.29, 0.717) is 29.1 Å². The van der Waals surface area contributed by atoms with Crippen LogP contribution in [0.3, 0.4) is 0 Å². The number of nitrogens with one attached hydrogen (secondary N) is 1. The number of anilines is 2. The van der Waals surface area contributed by atoms with Crippen molar-refractivity contribution in [2.45, 2.75) is 13.3 Å². The highest BCUT2D eigenvalue weighted by Gasteiger charge is 2.50. The van der Waals surface area contributed by atoms with Gasteiger partial charge in [0, 0.05) is 5.56 Å². The molecular formula is C23H22N2O4. The second-order valence-corrected chi connectivity index (χ2v) is 7.37. The van der Waals surface area contributed by atoms with Crippen molar-refractivity contribution >= 4 is 29.1 Å². The van der Waals surface area contributed by atoms with Gasteiger partial charge >= 0.3 is 0 Å². The quantitative estimate of drug-likeness (QED) is 0.639. The molecule has 1 aliphatic carbocycles. The zero-order valence-electron chi connectivity index (χ0n) is 16.3. The lowest BCUT2D eigenvalue weighted by Gasteiger charge is -2.22. The molecule has 0 saturated carbocycles. The van der Waals surface area contributed by atoms with E-state index in [-0.39, 0.29) is 35.5 Å². The maximum absolute atomic E-state index is 13.0. The fourth-order valence-corrected chi connectivity index (χ4v) is 4.13. The van der Waals surface area contributed by atoms with Gasteiger partial charge in [0.1, 0.15) is 5.75 Å². The van der Waals surface area contributed by atoms with Crippen molar-refractivity contribution in [2.75, 3.05) is 17.3 Å². The Bertz CT molecular complexity index is 1010. The number of para-hydroxylation sites is 2. The van der Waals surface area contributed by atoms with Crippen LogP contribution in [0.25, 0.3) is 0 Å². The molecule has 2 aromatic rings. The third-order valence-electron chi connectivity index (χ3n) is 5.59. The van der Waals surface area contributed by atoms with E-state index in [2.05, 4.69) is 5.32 Å². The number of methoxy groups -OCH3 is 1. The molecule has 2 aliphatic rings. The van der Waals surface area contributed by atoms with Crippen LogP contribution < -0.4 is 15.0 Å². The summed E-state index contributed by atoms with van der Waals surface area (Å²) in [6.45, 7) is 1.96. The lowest BCUT2D eigenvalue weighted by atomic mass is 9.78. The molecule has 148 valence electrons. The van der Waals surface area contributed by atoms with Crippen molar-refractivity contribution in [3.8, 4) is 5.75 Å². The highest BCUT2D eigenvalue weighted by molar-refractivity contribution is 6.22. The molecule has 0 spiro atoms. The van der Waals surface area contributed by atoms with Crippen LogP contribution in [0.4, 0.5) is 11.4 Å². The number of benzene rings is 2. The minimum atomic E-state index is -0.345. The van der Waals surface area contributed by atoms with Crippen LogP contribution in [0.5, 0.6) is 5.75 Å². The second-order valence-electron chi connectivity index (χ2n) is 7.37. The molecule has 0 radical (unpaired) electrons. The second kappa shape index (κ2) is 7.54. The Balaban J connectivity index is 1.60. The monoisotopic (exact) mass is 390 g/mol. The Morgan fingerprint density at radius 2 is 1.90 bits per heavy atom. The van der Waals surface area contributed by atoms with E-state index in [4.69, 9.17) is 4.74 Å². The molecule has 2 aromatic carbocycles. The number of ether oxygens (including phenoxy) is 1. The first kappa shape index (κ1) is 18.9. The van der Waals surface area contributed by atoms with Crippen molar-refractivity contribution in [3.05, 3.63) is 66.2 Å². The molecule has 0 aromatic heterocycles. The smallest absolute Gasteiger partial charge is 0.255 e. The minimum absolute atomic E-state index is 0.0206. The Morgan fingerprint density at radius 1 is 1.10 bits per heavy atom. The molecule has 1 heterocycles. The van der Waals surface area contributed by atoms with E-state index in [1.807, 2.05) is 25.1 Å². The van der Waals surface area contributed by atoms with E-state index < -0.39 is 0 Å². The van der Waals surface area contributed by atoms with Gasteiger partial charge in [-0.25, -0.2) is 0 Å². The van der Waals surface area contributed by atoms with Crippen molar-refractivity contribution in [1.82, 2.24) is 0 Å². The molecule has 6 heteroatoms. The number of hydrogen-bond acceptors (Lipinski definition) is 4. The average Bonchev–Trinajstić information content (AvgIpc) is 2.99.